The third-order valence-electron chi connectivity index (χ3n) is 5.15. The van der Waals surface area contributed by atoms with Gasteiger partial charge in [0.2, 0.25) is 0 Å². The summed E-state index contributed by atoms with van der Waals surface area (Å²) in [6.45, 7) is 5.28. The molecule has 5 heteroatoms. The first-order valence-electron chi connectivity index (χ1n) is 7.87. The van der Waals surface area contributed by atoms with Crippen LogP contribution in [-0.4, -0.2) is 42.3 Å². The predicted octanol–water partition coefficient (Wildman–Crippen LogP) is 1.93. The Labute approximate surface area is 125 Å². The van der Waals surface area contributed by atoms with Crippen molar-refractivity contribution in [1.82, 2.24) is 0 Å². The van der Waals surface area contributed by atoms with Crippen LogP contribution in [0.4, 0.5) is 0 Å². The van der Waals surface area contributed by atoms with E-state index in [9.17, 15) is 9.90 Å². The highest BCUT2D eigenvalue weighted by molar-refractivity contribution is 5.90. The minimum absolute atomic E-state index is 0.253. The van der Waals surface area contributed by atoms with Gasteiger partial charge in [-0.15, -0.1) is 0 Å². The van der Waals surface area contributed by atoms with Crippen molar-refractivity contribution in [3.8, 4) is 0 Å². The lowest BCUT2D eigenvalue weighted by molar-refractivity contribution is -0.220. The molecular weight excluding hydrogens is 272 g/mol. The molecule has 1 heterocycles. The molecule has 3 rings (SSSR count). The van der Waals surface area contributed by atoms with E-state index in [2.05, 4.69) is 0 Å². The Bertz CT molecular complexity index is 463. The maximum Gasteiger partial charge on any atom is 0.334 e. The van der Waals surface area contributed by atoms with Crippen molar-refractivity contribution in [3.05, 3.63) is 11.1 Å². The molecule has 0 bridgehead atoms. The lowest BCUT2D eigenvalue weighted by Crippen LogP contribution is -2.53. The SMILES string of the molecule is CCOC(=O)C1=C(C)CC[C@]2(O)CCC3(C[C@H]12)OCCO3. The number of aliphatic hydroxyl groups is 1. The zero-order chi connectivity index (χ0) is 15.1. The van der Waals surface area contributed by atoms with E-state index >= 15 is 0 Å². The summed E-state index contributed by atoms with van der Waals surface area (Å²) in [7, 11) is 0. The molecule has 0 aromatic heterocycles. The minimum atomic E-state index is -0.831. The van der Waals surface area contributed by atoms with Crippen LogP contribution in [0.15, 0.2) is 11.1 Å². The molecule has 21 heavy (non-hydrogen) atoms. The van der Waals surface area contributed by atoms with E-state index in [1.165, 1.54) is 0 Å². The maximum atomic E-state index is 12.3. The Morgan fingerprint density at radius 3 is 2.71 bits per heavy atom. The number of ether oxygens (including phenoxy) is 3. The zero-order valence-corrected chi connectivity index (χ0v) is 12.8. The van der Waals surface area contributed by atoms with Gasteiger partial charge in [-0.05, 0) is 33.1 Å². The van der Waals surface area contributed by atoms with Crippen LogP contribution in [0.5, 0.6) is 0 Å². The molecule has 5 nitrogen and oxygen atoms in total. The van der Waals surface area contributed by atoms with Crippen molar-refractivity contribution in [3.63, 3.8) is 0 Å². The molecule has 0 aromatic rings. The molecule has 3 aliphatic rings. The maximum absolute atomic E-state index is 12.3. The summed E-state index contributed by atoms with van der Waals surface area (Å²) in [5.41, 5.74) is 0.837. The molecule has 2 fully saturated rings. The third kappa shape index (κ3) is 2.51. The van der Waals surface area contributed by atoms with Crippen molar-refractivity contribution in [2.45, 2.75) is 57.3 Å². The first-order chi connectivity index (χ1) is 10.00. The quantitative estimate of drug-likeness (QED) is 0.789. The van der Waals surface area contributed by atoms with Crippen molar-refractivity contribution in [1.29, 1.82) is 0 Å². The van der Waals surface area contributed by atoms with E-state index in [1.54, 1.807) is 6.92 Å². The normalized spacial score (nSPS) is 34.9. The first-order valence-corrected chi connectivity index (χ1v) is 7.87. The average molecular weight is 296 g/mol. The van der Waals surface area contributed by atoms with Crippen LogP contribution in [0.1, 0.15) is 46.0 Å². The Kier molecular flexibility index (Phi) is 3.84. The van der Waals surface area contributed by atoms with Gasteiger partial charge in [0.1, 0.15) is 0 Å². The Balaban J connectivity index is 1.92. The number of hydrogen-bond donors (Lipinski definition) is 1. The van der Waals surface area contributed by atoms with Gasteiger partial charge in [0.15, 0.2) is 5.79 Å². The topological polar surface area (TPSA) is 65.0 Å². The summed E-state index contributed by atoms with van der Waals surface area (Å²) in [4.78, 5) is 12.3. The Hall–Kier alpha value is -0.910. The van der Waals surface area contributed by atoms with Crippen molar-refractivity contribution >= 4 is 5.97 Å². The van der Waals surface area contributed by atoms with Crippen molar-refractivity contribution < 1.29 is 24.1 Å². The fraction of sp³-hybridized carbons (Fsp3) is 0.812. The van der Waals surface area contributed by atoms with Gasteiger partial charge in [0.25, 0.3) is 0 Å². The molecule has 1 N–H and O–H groups in total. The van der Waals surface area contributed by atoms with Crippen LogP contribution in [0.3, 0.4) is 0 Å². The lowest BCUT2D eigenvalue weighted by atomic mass is 9.63. The number of carbonyl (C=O) groups excluding carboxylic acids is 1. The van der Waals surface area contributed by atoms with Gasteiger partial charge in [-0.3, -0.25) is 0 Å². The first kappa shape index (κ1) is 15.0. The largest absolute Gasteiger partial charge is 0.463 e. The fourth-order valence-corrected chi connectivity index (χ4v) is 3.97. The lowest BCUT2D eigenvalue weighted by Gasteiger charge is -2.49. The molecule has 1 saturated heterocycles. The average Bonchev–Trinajstić information content (AvgIpc) is 2.90. The van der Waals surface area contributed by atoms with Crippen LogP contribution in [0, 0.1) is 5.92 Å². The molecule has 2 aliphatic carbocycles. The van der Waals surface area contributed by atoms with Gasteiger partial charge in [-0.2, -0.15) is 0 Å². The van der Waals surface area contributed by atoms with Gasteiger partial charge in [0, 0.05) is 24.3 Å². The minimum Gasteiger partial charge on any atom is -0.463 e. The Morgan fingerprint density at radius 2 is 2.05 bits per heavy atom. The van der Waals surface area contributed by atoms with Crippen LogP contribution in [0.25, 0.3) is 0 Å². The monoisotopic (exact) mass is 296 g/mol. The van der Waals surface area contributed by atoms with E-state index in [0.29, 0.717) is 51.1 Å². The van der Waals surface area contributed by atoms with Crippen LogP contribution < -0.4 is 0 Å². The van der Waals surface area contributed by atoms with Gasteiger partial charge >= 0.3 is 5.97 Å². The summed E-state index contributed by atoms with van der Waals surface area (Å²) in [5.74, 6) is -1.17. The highest BCUT2D eigenvalue weighted by atomic mass is 16.7. The van der Waals surface area contributed by atoms with E-state index in [-0.39, 0.29) is 11.9 Å². The number of esters is 1. The van der Waals surface area contributed by atoms with Crippen LogP contribution in [-0.2, 0) is 19.0 Å². The molecule has 0 radical (unpaired) electrons. The van der Waals surface area contributed by atoms with Crippen molar-refractivity contribution in [2.75, 3.05) is 19.8 Å². The molecule has 118 valence electrons. The second kappa shape index (κ2) is 5.38. The number of allylic oxidation sites excluding steroid dienone is 1. The van der Waals surface area contributed by atoms with Crippen molar-refractivity contribution in [2.24, 2.45) is 5.92 Å². The smallest absolute Gasteiger partial charge is 0.334 e. The number of fused-ring (bicyclic) bond motifs is 1. The molecule has 0 unspecified atom stereocenters. The summed E-state index contributed by atoms with van der Waals surface area (Å²) >= 11 is 0. The predicted molar refractivity (Wildman–Crippen MR) is 75.5 cm³/mol. The summed E-state index contributed by atoms with van der Waals surface area (Å²) in [6, 6.07) is 0. The summed E-state index contributed by atoms with van der Waals surface area (Å²) < 4.78 is 16.8. The van der Waals surface area contributed by atoms with Gasteiger partial charge in [-0.1, -0.05) is 5.57 Å². The van der Waals surface area contributed by atoms with Gasteiger partial charge in [-0.25, -0.2) is 4.79 Å². The van der Waals surface area contributed by atoms with E-state index in [1.807, 2.05) is 6.92 Å². The van der Waals surface area contributed by atoms with Crippen LogP contribution in [0.2, 0.25) is 0 Å². The van der Waals surface area contributed by atoms with Gasteiger partial charge < -0.3 is 19.3 Å². The standard InChI is InChI=1S/C16H24O5/c1-3-19-14(17)13-11(2)4-5-15(18)6-7-16(10-12(13)15)20-8-9-21-16/h12,18H,3-10H2,1-2H3/t12-,15+/m1/s1. The molecular formula is C16H24O5. The number of rotatable bonds is 2. The second-order valence-corrected chi connectivity index (χ2v) is 6.38. The molecule has 0 aromatic carbocycles. The van der Waals surface area contributed by atoms with E-state index in [0.717, 1.165) is 12.0 Å². The summed E-state index contributed by atoms with van der Waals surface area (Å²) in [6.07, 6.45) is 3.27. The van der Waals surface area contributed by atoms with E-state index < -0.39 is 11.4 Å². The van der Waals surface area contributed by atoms with Crippen LogP contribution >= 0.6 is 0 Å². The Morgan fingerprint density at radius 1 is 1.33 bits per heavy atom. The molecule has 1 aliphatic heterocycles. The van der Waals surface area contributed by atoms with E-state index in [4.69, 9.17) is 14.2 Å². The second-order valence-electron chi connectivity index (χ2n) is 6.38. The third-order valence-corrected chi connectivity index (χ3v) is 5.15. The molecule has 1 saturated carbocycles. The fourth-order valence-electron chi connectivity index (χ4n) is 3.97. The highest BCUT2D eigenvalue weighted by Gasteiger charge is 2.55. The highest BCUT2D eigenvalue weighted by Crippen LogP contribution is 2.51. The molecule has 2 atom stereocenters. The number of carbonyl (C=O) groups is 1. The zero-order valence-electron chi connectivity index (χ0n) is 12.8. The number of hydrogen-bond acceptors (Lipinski definition) is 5. The molecule has 1 spiro atoms. The summed E-state index contributed by atoms with van der Waals surface area (Å²) in [5, 5.41) is 11.0. The van der Waals surface area contributed by atoms with Gasteiger partial charge in [0.05, 0.1) is 25.4 Å². The molecule has 0 amide bonds.